The molecular formula is C17H20N2O2. The van der Waals surface area contributed by atoms with Gasteiger partial charge in [0, 0.05) is 23.4 Å². The Morgan fingerprint density at radius 2 is 1.76 bits per heavy atom. The Kier molecular flexibility index (Phi) is 4.93. The zero-order chi connectivity index (χ0) is 15.2. The minimum absolute atomic E-state index is 0.118. The minimum atomic E-state index is 0.118. The van der Waals surface area contributed by atoms with Crippen LogP contribution in [-0.4, -0.2) is 23.6 Å². The van der Waals surface area contributed by atoms with Crippen molar-refractivity contribution in [3.05, 3.63) is 48.2 Å². The molecule has 110 valence electrons. The Labute approximate surface area is 125 Å². The summed E-state index contributed by atoms with van der Waals surface area (Å²) in [5.41, 5.74) is 2.83. The molecule has 1 N–H and O–H groups in total. The molecule has 2 aromatic rings. The van der Waals surface area contributed by atoms with Crippen molar-refractivity contribution in [1.29, 1.82) is 5.41 Å². The Balaban J connectivity index is 2.13. The minimum Gasteiger partial charge on any atom is -0.478 e. The van der Waals surface area contributed by atoms with E-state index in [9.17, 15) is 0 Å². The number of pyridine rings is 1. The number of hydrogen-bond acceptors (Lipinski definition) is 4. The fourth-order valence-corrected chi connectivity index (χ4v) is 1.90. The number of benzene rings is 1. The first-order valence-electron chi connectivity index (χ1n) is 7.05. The quantitative estimate of drug-likeness (QED) is 0.669. The molecule has 21 heavy (non-hydrogen) atoms. The molecular weight excluding hydrogens is 264 g/mol. The molecule has 0 saturated carbocycles. The van der Waals surface area contributed by atoms with Gasteiger partial charge in [0.15, 0.2) is 0 Å². The molecule has 0 spiro atoms. The first-order chi connectivity index (χ1) is 10.1. The standard InChI is InChI=1S/C17H20N2O2/c1-4-20-17(18)14-7-5-13(6-8-14)15-9-10-16(19-11-15)21-12(2)3/h5-12,18H,4H2,1-3H3. The summed E-state index contributed by atoms with van der Waals surface area (Å²) in [6, 6.07) is 11.5. The highest BCUT2D eigenvalue weighted by molar-refractivity contribution is 5.92. The Morgan fingerprint density at radius 3 is 2.29 bits per heavy atom. The summed E-state index contributed by atoms with van der Waals surface area (Å²) in [5.74, 6) is 0.825. The smallest absolute Gasteiger partial charge is 0.213 e. The maximum absolute atomic E-state index is 7.75. The number of nitrogens with one attached hydrogen (secondary N) is 1. The van der Waals surface area contributed by atoms with Gasteiger partial charge in [0.25, 0.3) is 0 Å². The lowest BCUT2D eigenvalue weighted by atomic mass is 10.1. The maximum Gasteiger partial charge on any atom is 0.213 e. The van der Waals surface area contributed by atoms with Gasteiger partial charge in [-0.3, -0.25) is 5.41 Å². The van der Waals surface area contributed by atoms with E-state index in [4.69, 9.17) is 14.9 Å². The van der Waals surface area contributed by atoms with E-state index in [1.807, 2.05) is 57.2 Å². The van der Waals surface area contributed by atoms with Gasteiger partial charge < -0.3 is 9.47 Å². The third kappa shape index (κ3) is 4.05. The summed E-state index contributed by atoms with van der Waals surface area (Å²) in [6.45, 7) is 6.32. The molecule has 0 aliphatic rings. The molecule has 0 unspecified atom stereocenters. The summed E-state index contributed by atoms with van der Waals surface area (Å²) in [7, 11) is 0. The van der Waals surface area contributed by atoms with Crippen molar-refractivity contribution in [3.63, 3.8) is 0 Å². The van der Waals surface area contributed by atoms with Crippen molar-refractivity contribution in [2.75, 3.05) is 6.61 Å². The second-order valence-electron chi connectivity index (χ2n) is 4.89. The van der Waals surface area contributed by atoms with Crippen LogP contribution in [0.5, 0.6) is 5.88 Å². The lowest BCUT2D eigenvalue weighted by molar-refractivity contribution is 0.232. The highest BCUT2D eigenvalue weighted by atomic mass is 16.5. The number of rotatable bonds is 5. The van der Waals surface area contributed by atoms with Gasteiger partial charge in [0.2, 0.25) is 11.8 Å². The Bertz CT molecular complexity index is 589. The molecule has 1 aromatic carbocycles. The van der Waals surface area contributed by atoms with Crippen LogP contribution in [0.25, 0.3) is 11.1 Å². The maximum atomic E-state index is 7.75. The highest BCUT2D eigenvalue weighted by Crippen LogP contribution is 2.21. The second-order valence-corrected chi connectivity index (χ2v) is 4.89. The van der Waals surface area contributed by atoms with Crippen LogP contribution in [0.15, 0.2) is 42.6 Å². The summed E-state index contributed by atoms with van der Waals surface area (Å²) in [6.07, 6.45) is 1.91. The topological polar surface area (TPSA) is 55.2 Å². The number of ether oxygens (including phenoxy) is 2. The third-order valence-corrected chi connectivity index (χ3v) is 2.86. The molecule has 0 radical (unpaired) electrons. The third-order valence-electron chi connectivity index (χ3n) is 2.86. The molecule has 0 amide bonds. The van der Waals surface area contributed by atoms with Crippen molar-refractivity contribution in [1.82, 2.24) is 4.98 Å². The molecule has 4 nitrogen and oxygen atoms in total. The van der Waals surface area contributed by atoms with E-state index in [-0.39, 0.29) is 12.0 Å². The van der Waals surface area contributed by atoms with Crippen LogP contribution >= 0.6 is 0 Å². The van der Waals surface area contributed by atoms with Gasteiger partial charge in [-0.15, -0.1) is 0 Å². The van der Waals surface area contributed by atoms with Gasteiger partial charge >= 0.3 is 0 Å². The molecule has 0 aliphatic heterocycles. The lowest BCUT2D eigenvalue weighted by Crippen LogP contribution is -2.06. The normalized spacial score (nSPS) is 10.5. The fraction of sp³-hybridized carbons (Fsp3) is 0.294. The first kappa shape index (κ1) is 15.0. The van der Waals surface area contributed by atoms with E-state index >= 15 is 0 Å². The van der Waals surface area contributed by atoms with Gasteiger partial charge in [-0.25, -0.2) is 4.98 Å². The summed E-state index contributed by atoms with van der Waals surface area (Å²) in [5, 5.41) is 7.75. The average Bonchev–Trinajstić information content (AvgIpc) is 2.48. The number of hydrogen-bond donors (Lipinski definition) is 1. The second kappa shape index (κ2) is 6.88. The highest BCUT2D eigenvalue weighted by Gasteiger charge is 2.04. The van der Waals surface area contributed by atoms with E-state index in [0.717, 1.165) is 16.7 Å². The van der Waals surface area contributed by atoms with Crippen LogP contribution in [0.3, 0.4) is 0 Å². The van der Waals surface area contributed by atoms with Crippen LogP contribution in [0.2, 0.25) is 0 Å². The summed E-state index contributed by atoms with van der Waals surface area (Å²) >= 11 is 0. The molecule has 1 heterocycles. The molecule has 0 bridgehead atoms. The van der Waals surface area contributed by atoms with Crippen LogP contribution in [0.4, 0.5) is 0 Å². The van der Waals surface area contributed by atoms with E-state index < -0.39 is 0 Å². The van der Waals surface area contributed by atoms with Crippen molar-refractivity contribution >= 4 is 5.90 Å². The monoisotopic (exact) mass is 284 g/mol. The van der Waals surface area contributed by atoms with Crippen LogP contribution in [0, 0.1) is 5.41 Å². The fourth-order valence-electron chi connectivity index (χ4n) is 1.90. The van der Waals surface area contributed by atoms with Gasteiger partial charge in [-0.1, -0.05) is 12.1 Å². The van der Waals surface area contributed by atoms with E-state index in [1.54, 1.807) is 6.20 Å². The predicted molar refractivity (Wildman–Crippen MR) is 83.9 cm³/mol. The SMILES string of the molecule is CCOC(=N)c1ccc(-c2ccc(OC(C)C)nc2)cc1. The predicted octanol–water partition coefficient (Wildman–Crippen LogP) is 3.90. The van der Waals surface area contributed by atoms with Crippen molar-refractivity contribution in [2.45, 2.75) is 26.9 Å². The van der Waals surface area contributed by atoms with Crippen molar-refractivity contribution < 1.29 is 9.47 Å². The zero-order valence-corrected chi connectivity index (χ0v) is 12.6. The summed E-state index contributed by atoms with van der Waals surface area (Å²) < 4.78 is 10.7. The van der Waals surface area contributed by atoms with E-state index in [2.05, 4.69) is 4.98 Å². The number of aromatic nitrogens is 1. The average molecular weight is 284 g/mol. The van der Waals surface area contributed by atoms with Crippen LogP contribution in [-0.2, 0) is 4.74 Å². The van der Waals surface area contributed by atoms with Crippen molar-refractivity contribution in [2.24, 2.45) is 0 Å². The lowest BCUT2D eigenvalue weighted by Gasteiger charge is -2.09. The first-order valence-corrected chi connectivity index (χ1v) is 7.05. The molecule has 4 heteroatoms. The Hall–Kier alpha value is -2.36. The van der Waals surface area contributed by atoms with E-state index in [1.165, 1.54) is 0 Å². The molecule has 1 aromatic heterocycles. The Morgan fingerprint density at radius 1 is 1.10 bits per heavy atom. The summed E-state index contributed by atoms with van der Waals surface area (Å²) in [4.78, 5) is 4.29. The van der Waals surface area contributed by atoms with Crippen LogP contribution in [0.1, 0.15) is 26.3 Å². The van der Waals surface area contributed by atoms with Gasteiger partial charge in [0.1, 0.15) is 0 Å². The molecule has 0 saturated heterocycles. The van der Waals surface area contributed by atoms with E-state index in [0.29, 0.717) is 12.5 Å². The van der Waals surface area contributed by atoms with Gasteiger partial charge in [0.05, 0.1) is 12.7 Å². The molecule has 0 fully saturated rings. The van der Waals surface area contributed by atoms with Gasteiger partial charge in [-0.05, 0) is 44.5 Å². The molecule has 2 rings (SSSR count). The molecule has 0 atom stereocenters. The zero-order valence-electron chi connectivity index (χ0n) is 12.6. The number of nitrogens with zero attached hydrogens (tertiary/aromatic N) is 1. The van der Waals surface area contributed by atoms with Crippen molar-refractivity contribution in [3.8, 4) is 17.0 Å². The van der Waals surface area contributed by atoms with Gasteiger partial charge in [-0.2, -0.15) is 0 Å². The molecule has 0 aliphatic carbocycles. The van der Waals surface area contributed by atoms with Crippen LogP contribution < -0.4 is 4.74 Å². The largest absolute Gasteiger partial charge is 0.478 e.